The SMILES string of the molecule is CNNc1ncnc2c1ncn2C1O[C@H](CO)[C@@H](O)[C@@]1(C)O. The number of aliphatic hydroxyl groups excluding tert-OH is 2. The van der Waals surface area contributed by atoms with Crippen LogP contribution in [0, 0.1) is 0 Å². The Balaban J connectivity index is 2.06. The van der Waals surface area contributed by atoms with Gasteiger partial charge in [-0.1, -0.05) is 0 Å². The maximum Gasteiger partial charge on any atom is 0.171 e. The number of hydrogen-bond acceptors (Lipinski definition) is 9. The normalized spacial score (nSPS) is 31.8. The summed E-state index contributed by atoms with van der Waals surface area (Å²) in [6.45, 7) is 1.04. The van der Waals surface area contributed by atoms with Gasteiger partial charge in [0.1, 0.15) is 24.1 Å². The third-order valence-electron chi connectivity index (χ3n) is 3.79. The Hall–Kier alpha value is -1.85. The van der Waals surface area contributed by atoms with Crippen LogP contribution < -0.4 is 10.9 Å². The number of nitrogens with one attached hydrogen (secondary N) is 2. The Morgan fingerprint density at radius 3 is 2.82 bits per heavy atom. The Kier molecular flexibility index (Phi) is 3.70. The van der Waals surface area contributed by atoms with Crippen molar-refractivity contribution < 1.29 is 20.1 Å². The molecule has 0 aromatic carbocycles. The molecule has 10 heteroatoms. The second-order valence-electron chi connectivity index (χ2n) is 5.30. The molecule has 4 atom stereocenters. The lowest BCUT2D eigenvalue weighted by molar-refractivity contribution is -0.0950. The first-order chi connectivity index (χ1) is 10.5. The Bertz CT molecular complexity index is 675. The molecule has 1 fully saturated rings. The molecule has 3 rings (SSSR count). The zero-order valence-electron chi connectivity index (χ0n) is 12.1. The van der Waals surface area contributed by atoms with Gasteiger partial charge >= 0.3 is 0 Å². The zero-order valence-corrected chi connectivity index (χ0v) is 12.1. The fourth-order valence-corrected chi connectivity index (χ4v) is 2.62. The molecule has 22 heavy (non-hydrogen) atoms. The highest BCUT2D eigenvalue weighted by Gasteiger charge is 2.53. The summed E-state index contributed by atoms with van der Waals surface area (Å²) < 4.78 is 7.08. The van der Waals surface area contributed by atoms with E-state index in [1.54, 1.807) is 7.05 Å². The number of hydrogen-bond donors (Lipinski definition) is 5. The van der Waals surface area contributed by atoms with Crippen molar-refractivity contribution in [1.29, 1.82) is 0 Å². The van der Waals surface area contributed by atoms with Crippen molar-refractivity contribution in [1.82, 2.24) is 24.9 Å². The number of ether oxygens (including phenoxy) is 1. The average molecular weight is 310 g/mol. The van der Waals surface area contributed by atoms with E-state index in [4.69, 9.17) is 4.74 Å². The van der Waals surface area contributed by atoms with Crippen LogP contribution in [-0.4, -0.2) is 66.3 Å². The molecule has 0 spiro atoms. The monoisotopic (exact) mass is 310 g/mol. The first kappa shape index (κ1) is 15.1. The number of rotatable bonds is 4. The molecule has 0 bridgehead atoms. The number of aliphatic hydroxyl groups is 3. The maximum absolute atomic E-state index is 10.5. The van der Waals surface area contributed by atoms with Gasteiger partial charge in [0.2, 0.25) is 0 Å². The minimum Gasteiger partial charge on any atom is -0.394 e. The standard InChI is InChI=1S/C12H18N6O4/c1-12(21)8(20)6(3-19)22-11(12)18-5-16-7-9(17-13-2)14-4-15-10(7)18/h4-6,8,11,13,19-21H,3H2,1-2H3,(H,14,15,17)/t6-,8-,11?,12-/m1/s1. The molecule has 0 radical (unpaired) electrons. The van der Waals surface area contributed by atoms with Crippen LogP contribution in [0.3, 0.4) is 0 Å². The van der Waals surface area contributed by atoms with Crippen molar-refractivity contribution in [2.24, 2.45) is 0 Å². The number of hydrazine groups is 1. The van der Waals surface area contributed by atoms with Crippen molar-refractivity contribution in [2.45, 2.75) is 31.0 Å². The van der Waals surface area contributed by atoms with E-state index in [1.165, 1.54) is 24.1 Å². The fraction of sp³-hybridized carbons (Fsp3) is 0.583. The predicted octanol–water partition coefficient (Wildman–Crippen LogP) is -1.63. The molecule has 1 aliphatic rings. The van der Waals surface area contributed by atoms with Crippen LogP contribution in [0.4, 0.5) is 5.82 Å². The molecular formula is C12H18N6O4. The molecule has 2 aromatic rings. The number of fused-ring (bicyclic) bond motifs is 1. The number of nitrogens with zero attached hydrogens (tertiary/aromatic N) is 4. The van der Waals surface area contributed by atoms with E-state index >= 15 is 0 Å². The Morgan fingerprint density at radius 1 is 1.41 bits per heavy atom. The lowest BCUT2D eigenvalue weighted by Crippen LogP contribution is -2.44. The summed E-state index contributed by atoms with van der Waals surface area (Å²) in [5, 5.41) is 29.8. The van der Waals surface area contributed by atoms with Crippen molar-refractivity contribution in [3.63, 3.8) is 0 Å². The molecule has 10 nitrogen and oxygen atoms in total. The van der Waals surface area contributed by atoms with Crippen molar-refractivity contribution >= 4 is 17.0 Å². The highest BCUT2D eigenvalue weighted by molar-refractivity contribution is 5.82. The van der Waals surface area contributed by atoms with E-state index < -0.39 is 30.6 Å². The average Bonchev–Trinajstić information content (AvgIpc) is 3.01. The van der Waals surface area contributed by atoms with Crippen LogP contribution >= 0.6 is 0 Å². The van der Waals surface area contributed by atoms with Crippen molar-refractivity contribution in [3.8, 4) is 0 Å². The Morgan fingerprint density at radius 2 is 2.18 bits per heavy atom. The Labute approximate surface area is 125 Å². The molecule has 1 aliphatic heterocycles. The minimum atomic E-state index is -1.59. The van der Waals surface area contributed by atoms with E-state index in [9.17, 15) is 15.3 Å². The molecule has 1 saturated heterocycles. The topological polar surface area (TPSA) is 138 Å². The fourth-order valence-electron chi connectivity index (χ4n) is 2.62. The smallest absolute Gasteiger partial charge is 0.171 e. The summed E-state index contributed by atoms with van der Waals surface area (Å²) in [5.41, 5.74) is 4.91. The maximum atomic E-state index is 10.5. The second-order valence-corrected chi connectivity index (χ2v) is 5.30. The van der Waals surface area contributed by atoms with E-state index in [0.29, 0.717) is 17.0 Å². The van der Waals surface area contributed by atoms with Gasteiger partial charge in [-0.15, -0.1) is 0 Å². The first-order valence-electron chi connectivity index (χ1n) is 6.77. The summed E-state index contributed by atoms with van der Waals surface area (Å²) in [5.74, 6) is 0.475. The summed E-state index contributed by atoms with van der Waals surface area (Å²) in [6.07, 6.45) is -0.233. The van der Waals surface area contributed by atoms with Crippen LogP contribution in [-0.2, 0) is 4.74 Å². The van der Waals surface area contributed by atoms with Gasteiger partial charge in [0.25, 0.3) is 0 Å². The summed E-state index contributed by atoms with van der Waals surface area (Å²) in [4.78, 5) is 12.4. The van der Waals surface area contributed by atoms with E-state index in [2.05, 4.69) is 25.8 Å². The molecule has 0 amide bonds. The highest BCUT2D eigenvalue weighted by atomic mass is 16.6. The third-order valence-corrected chi connectivity index (χ3v) is 3.79. The lowest BCUT2D eigenvalue weighted by atomic mass is 9.96. The summed E-state index contributed by atoms with van der Waals surface area (Å²) >= 11 is 0. The number of anilines is 1. The lowest BCUT2D eigenvalue weighted by Gasteiger charge is -2.27. The predicted molar refractivity (Wildman–Crippen MR) is 75.6 cm³/mol. The van der Waals surface area contributed by atoms with Gasteiger partial charge in [-0.25, -0.2) is 20.4 Å². The van der Waals surface area contributed by atoms with Crippen LogP contribution in [0.1, 0.15) is 13.2 Å². The number of imidazole rings is 1. The van der Waals surface area contributed by atoms with Gasteiger partial charge in [-0.2, -0.15) is 0 Å². The van der Waals surface area contributed by atoms with E-state index in [0.717, 1.165) is 0 Å². The molecule has 120 valence electrons. The number of aromatic nitrogens is 4. The van der Waals surface area contributed by atoms with Gasteiger partial charge in [0.15, 0.2) is 23.2 Å². The van der Waals surface area contributed by atoms with Crippen molar-refractivity contribution in [3.05, 3.63) is 12.7 Å². The van der Waals surface area contributed by atoms with Crippen LogP contribution in [0.5, 0.6) is 0 Å². The zero-order chi connectivity index (χ0) is 15.9. The molecule has 3 heterocycles. The van der Waals surface area contributed by atoms with Gasteiger partial charge in [0.05, 0.1) is 12.9 Å². The third kappa shape index (κ3) is 2.12. The minimum absolute atomic E-state index is 0.401. The second kappa shape index (κ2) is 5.41. The summed E-state index contributed by atoms with van der Waals surface area (Å²) in [7, 11) is 1.69. The van der Waals surface area contributed by atoms with Gasteiger partial charge in [0, 0.05) is 7.05 Å². The molecular weight excluding hydrogens is 292 g/mol. The van der Waals surface area contributed by atoms with Gasteiger partial charge in [-0.3, -0.25) is 4.57 Å². The molecule has 1 unspecified atom stereocenters. The molecule has 0 saturated carbocycles. The van der Waals surface area contributed by atoms with Crippen molar-refractivity contribution in [2.75, 3.05) is 19.1 Å². The highest BCUT2D eigenvalue weighted by Crippen LogP contribution is 2.39. The van der Waals surface area contributed by atoms with Crippen LogP contribution in [0.25, 0.3) is 11.2 Å². The van der Waals surface area contributed by atoms with E-state index in [1.807, 2.05) is 0 Å². The molecule has 2 aromatic heterocycles. The van der Waals surface area contributed by atoms with Gasteiger partial charge < -0.3 is 25.5 Å². The van der Waals surface area contributed by atoms with E-state index in [-0.39, 0.29) is 0 Å². The quantitative estimate of drug-likeness (QED) is 0.421. The van der Waals surface area contributed by atoms with Gasteiger partial charge in [-0.05, 0) is 6.92 Å². The largest absolute Gasteiger partial charge is 0.394 e. The van der Waals surface area contributed by atoms with Crippen LogP contribution in [0.15, 0.2) is 12.7 Å². The molecule has 5 N–H and O–H groups in total. The summed E-state index contributed by atoms with van der Waals surface area (Å²) in [6, 6.07) is 0. The van der Waals surface area contributed by atoms with Crippen LogP contribution in [0.2, 0.25) is 0 Å². The first-order valence-corrected chi connectivity index (χ1v) is 6.77. The molecule has 0 aliphatic carbocycles.